The minimum Gasteiger partial charge on any atom is -0.320 e. The fourth-order valence-electron chi connectivity index (χ4n) is 1.56. The zero-order valence-corrected chi connectivity index (χ0v) is 9.52. The van der Waals surface area contributed by atoms with Crippen LogP contribution < -0.4 is 5.73 Å². The second kappa shape index (κ2) is 4.31. The van der Waals surface area contributed by atoms with Crippen LogP contribution in [0, 0.1) is 18.6 Å². The molecule has 0 fully saturated rings. The van der Waals surface area contributed by atoms with Gasteiger partial charge in [0.05, 0.1) is 6.04 Å². The van der Waals surface area contributed by atoms with E-state index in [0.717, 1.165) is 16.5 Å². The zero-order valence-electron chi connectivity index (χ0n) is 8.71. The Bertz CT molecular complexity index is 507. The van der Waals surface area contributed by atoms with Gasteiger partial charge in [-0.25, -0.2) is 8.78 Å². The predicted molar refractivity (Wildman–Crippen MR) is 61.4 cm³/mol. The minimum absolute atomic E-state index is 0.319. The van der Waals surface area contributed by atoms with Crippen LogP contribution in [-0.2, 0) is 0 Å². The van der Waals surface area contributed by atoms with E-state index >= 15 is 0 Å². The van der Waals surface area contributed by atoms with Gasteiger partial charge in [0.1, 0.15) is 11.6 Å². The summed E-state index contributed by atoms with van der Waals surface area (Å²) in [7, 11) is 0. The molecule has 0 amide bonds. The van der Waals surface area contributed by atoms with Crippen LogP contribution in [-0.4, -0.2) is 0 Å². The normalized spacial score (nSPS) is 12.8. The number of aryl methyl sites for hydroxylation is 1. The lowest BCUT2D eigenvalue weighted by molar-refractivity contribution is 0.566. The number of thiophene rings is 1. The Kier molecular flexibility index (Phi) is 3.03. The van der Waals surface area contributed by atoms with Gasteiger partial charge in [-0.1, -0.05) is 6.07 Å². The highest BCUT2D eigenvalue weighted by molar-refractivity contribution is 7.10. The van der Waals surface area contributed by atoms with Gasteiger partial charge in [0.25, 0.3) is 0 Å². The van der Waals surface area contributed by atoms with E-state index in [1.165, 1.54) is 12.1 Å². The van der Waals surface area contributed by atoms with Gasteiger partial charge in [-0.05, 0) is 30.0 Å². The molecule has 0 spiro atoms. The molecule has 2 rings (SSSR count). The summed E-state index contributed by atoms with van der Waals surface area (Å²) >= 11 is 1.56. The molecule has 0 radical (unpaired) electrons. The third-order valence-corrected chi connectivity index (χ3v) is 3.29. The van der Waals surface area contributed by atoms with Crippen molar-refractivity contribution >= 4 is 11.3 Å². The second-order valence-corrected chi connectivity index (χ2v) is 4.75. The lowest BCUT2D eigenvalue weighted by atomic mass is 10.0. The highest BCUT2D eigenvalue weighted by Gasteiger charge is 2.15. The van der Waals surface area contributed by atoms with E-state index in [2.05, 4.69) is 0 Å². The van der Waals surface area contributed by atoms with E-state index in [1.54, 1.807) is 11.3 Å². The summed E-state index contributed by atoms with van der Waals surface area (Å²) in [6.07, 6.45) is 0. The van der Waals surface area contributed by atoms with Crippen molar-refractivity contribution in [2.75, 3.05) is 0 Å². The van der Waals surface area contributed by atoms with Crippen molar-refractivity contribution in [3.8, 4) is 0 Å². The van der Waals surface area contributed by atoms with Gasteiger partial charge in [-0.15, -0.1) is 11.3 Å². The Morgan fingerprint density at radius 1 is 1.25 bits per heavy atom. The van der Waals surface area contributed by atoms with E-state index in [0.29, 0.717) is 5.56 Å². The van der Waals surface area contributed by atoms with Gasteiger partial charge < -0.3 is 5.73 Å². The van der Waals surface area contributed by atoms with E-state index < -0.39 is 17.7 Å². The third-order valence-electron chi connectivity index (χ3n) is 2.41. The molecule has 4 heteroatoms. The largest absolute Gasteiger partial charge is 0.320 e. The van der Waals surface area contributed by atoms with Gasteiger partial charge in [-0.2, -0.15) is 0 Å². The molecule has 1 unspecified atom stereocenters. The standard InChI is InChI=1S/C12H11F2NS/c1-7-4-8(6-16-7)12(15)10-3-2-9(13)5-11(10)14/h2-6,12H,15H2,1H3. The van der Waals surface area contributed by atoms with E-state index in [4.69, 9.17) is 5.73 Å². The SMILES string of the molecule is Cc1cc(C(N)c2ccc(F)cc2F)cs1. The van der Waals surface area contributed by atoms with Crippen molar-refractivity contribution in [3.63, 3.8) is 0 Å². The molecule has 0 aliphatic carbocycles. The summed E-state index contributed by atoms with van der Waals surface area (Å²) in [6, 6.07) is 4.84. The molecular weight excluding hydrogens is 228 g/mol. The number of rotatable bonds is 2. The van der Waals surface area contributed by atoms with Gasteiger partial charge in [0, 0.05) is 16.5 Å². The first-order valence-electron chi connectivity index (χ1n) is 4.83. The lowest BCUT2D eigenvalue weighted by Crippen LogP contribution is -2.12. The maximum Gasteiger partial charge on any atom is 0.131 e. The second-order valence-electron chi connectivity index (χ2n) is 3.63. The number of hydrogen-bond acceptors (Lipinski definition) is 2. The maximum absolute atomic E-state index is 13.5. The molecule has 0 saturated heterocycles. The van der Waals surface area contributed by atoms with Crippen molar-refractivity contribution in [1.29, 1.82) is 0 Å². The Morgan fingerprint density at radius 3 is 2.56 bits per heavy atom. The summed E-state index contributed by atoms with van der Waals surface area (Å²) in [4.78, 5) is 1.12. The van der Waals surface area contributed by atoms with Crippen molar-refractivity contribution in [3.05, 3.63) is 57.3 Å². The average Bonchev–Trinajstić information content (AvgIpc) is 2.64. The van der Waals surface area contributed by atoms with E-state index in [-0.39, 0.29) is 0 Å². The monoisotopic (exact) mass is 239 g/mol. The van der Waals surface area contributed by atoms with Gasteiger partial charge in [-0.3, -0.25) is 0 Å². The summed E-state index contributed by atoms with van der Waals surface area (Å²) in [5.41, 5.74) is 7.10. The summed E-state index contributed by atoms with van der Waals surface area (Å²) < 4.78 is 26.2. The molecule has 0 saturated carbocycles. The lowest BCUT2D eigenvalue weighted by Gasteiger charge is -2.11. The van der Waals surface area contributed by atoms with Crippen LogP contribution in [0.3, 0.4) is 0 Å². The first kappa shape index (κ1) is 11.2. The molecule has 0 aliphatic rings. The molecule has 0 bridgehead atoms. The van der Waals surface area contributed by atoms with Crippen LogP contribution in [0.25, 0.3) is 0 Å². The molecule has 0 aliphatic heterocycles. The fourth-order valence-corrected chi connectivity index (χ4v) is 2.30. The molecule has 1 nitrogen and oxygen atoms in total. The highest BCUT2D eigenvalue weighted by Crippen LogP contribution is 2.26. The van der Waals surface area contributed by atoms with E-state index in [9.17, 15) is 8.78 Å². The van der Waals surface area contributed by atoms with Gasteiger partial charge >= 0.3 is 0 Å². The number of nitrogens with two attached hydrogens (primary N) is 1. The quantitative estimate of drug-likeness (QED) is 0.854. The van der Waals surface area contributed by atoms with Crippen LogP contribution in [0.1, 0.15) is 22.0 Å². The fraction of sp³-hybridized carbons (Fsp3) is 0.167. The Morgan fingerprint density at radius 2 is 2.00 bits per heavy atom. The van der Waals surface area contributed by atoms with Gasteiger partial charge in [0.2, 0.25) is 0 Å². The molecule has 2 aromatic rings. The van der Waals surface area contributed by atoms with Crippen LogP contribution in [0.4, 0.5) is 8.78 Å². The third kappa shape index (κ3) is 2.13. The van der Waals surface area contributed by atoms with Crippen molar-refractivity contribution < 1.29 is 8.78 Å². The predicted octanol–water partition coefficient (Wildman–Crippen LogP) is 3.38. The van der Waals surface area contributed by atoms with Crippen LogP contribution in [0.5, 0.6) is 0 Å². The Balaban J connectivity index is 2.37. The highest BCUT2D eigenvalue weighted by atomic mass is 32.1. The molecule has 84 valence electrons. The molecule has 1 atom stereocenters. The van der Waals surface area contributed by atoms with Crippen LogP contribution in [0.15, 0.2) is 29.6 Å². The van der Waals surface area contributed by atoms with Gasteiger partial charge in [0.15, 0.2) is 0 Å². The van der Waals surface area contributed by atoms with Crippen molar-refractivity contribution in [2.45, 2.75) is 13.0 Å². The first-order valence-corrected chi connectivity index (χ1v) is 5.71. The Labute approximate surface area is 96.5 Å². The first-order chi connectivity index (χ1) is 7.58. The summed E-state index contributed by atoms with van der Waals surface area (Å²) in [5.74, 6) is -1.19. The topological polar surface area (TPSA) is 26.0 Å². The zero-order chi connectivity index (χ0) is 11.7. The van der Waals surface area contributed by atoms with E-state index in [1.807, 2.05) is 18.4 Å². The maximum atomic E-state index is 13.5. The number of hydrogen-bond donors (Lipinski definition) is 1. The average molecular weight is 239 g/mol. The van der Waals surface area contributed by atoms with Crippen LogP contribution >= 0.6 is 11.3 Å². The minimum atomic E-state index is -0.601. The number of halogens is 2. The molecule has 1 aromatic carbocycles. The molecule has 2 N–H and O–H groups in total. The molecule has 16 heavy (non-hydrogen) atoms. The molecule has 1 heterocycles. The van der Waals surface area contributed by atoms with Crippen molar-refractivity contribution in [1.82, 2.24) is 0 Å². The van der Waals surface area contributed by atoms with Crippen LogP contribution in [0.2, 0.25) is 0 Å². The number of benzene rings is 1. The smallest absolute Gasteiger partial charge is 0.131 e. The summed E-state index contributed by atoms with van der Waals surface area (Å²) in [6.45, 7) is 1.96. The molecule has 1 aromatic heterocycles. The summed E-state index contributed by atoms with van der Waals surface area (Å²) in [5, 5.41) is 1.89. The molecular formula is C12H11F2NS. The van der Waals surface area contributed by atoms with Crippen molar-refractivity contribution in [2.24, 2.45) is 5.73 Å². The Hall–Kier alpha value is -1.26.